The van der Waals surface area contributed by atoms with Crippen LogP contribution in [0.2, 0.25) is 0 Å². The number of aryl methyl sites for hydroxylation is 2. The van der Waals surface area contributed by atoms with Crippen LogP contribution in [0.1, 0.15) is 109 Å². The van der Waals surface area contributed by atoms with Crippen molar-refractivity contribution in [1.82, 2.24) is 9.97 Å². The lowest BCUT2D eigenvalue weighted by atomic mass is 9.74. The molecule has 3 rings (SSSR count). The lowest BCUT2D eigenvalue weighted by molar-refractivity contribution is 0.556. The van der Waals surface area contributed by atoms with Crippen LogP contribution in [0.3, 0.4) is 0 Å². The topological polar surface area (TPSA) is 61.6 Å². The molecule has 37 heavy (non-hydrogen) atoms. The van der Waals surface area contributed by atoms with E-state index in [1.807, 2.05) is 13.8 Å². The molecule has 0 amide bonds. The van der Waals surface area contributed by atoms with E-state index in [2.05, 4.69) is 99.7 Å². The first-order chi connectivity index (χ1) is 17.0. The summed E-state index contributed by atoms with van der Waals surface area (Å²) >= 11 is 0. The first-order valence-electron chi connectivity index (χ1n) is 13.2. The minimum absolute atomic E-state index is 0.0180. The van der Waals surface area contributed by atoms with Crippen molar-refractivity contribution in [3.05, 3.63) is 79.2 Å². The molecule has 1 heterocycles. The van der Waals surface area contributed by atoms with Crippen molar-refractivity contribution in [2.24, 2.45) is 0 Å². The standard InChI is InChI=1S/C33H44N4/c1-18-14-27(32(8,9)10)25(28(15-18)33(11,12)13)16-29-23(6)24(7)35-31(36-29)37-30-21(4)19(2)26(17-34)20(3)22(30)5/h14-15H,16H2,1-13H3,(H,35,36,37). The summed E-state index contributed by atoms with van der Waals surface area (Å²) in [6.07, 6.45) is 0.757. The van der Waals surface area contributed by atoms with Gasteiger partial charge in [-0.15, -0.1) is 0 Å². The fraction of sp³-hybridized carbons (Fsp3) is 0.485. The molecule has 0 spiro atoms. The number of aromatic nitrogens is 2. The van der Waals surface area contributed by atoms with Crippen LogP contribution in [0.4, 0.5) is 11.6 Å². The minimum Gasteiger partial charge on any atom is -0.324 e. The summed E-state index contributed by atoms with van der Waals surface area (Å²) in [6, 6.07) is 7.07. The van der Waals surface area contributed by atoms with E-state index in [1.54, 1.807) is 0 Å². The summed E-state index contributed by atoms with van der Waals surface area (Å²) in [5.74, 6) is 0.606. The lowest BCUT2D eigenvalue weighted by Gasteiger charge is -2.31. The second-order valence-corrected chi connectivity index (χ2v) is 12.7. The van der Waals surface area contributed by atoms with E-state index >= 15 is 0 Å². The van der Waals surface area contributed by atoms with Gasteiger partial charge in [0.05, 0.1) is 17.3 Å². The van der Waals surface area contributed by atoms with Gasteiger partial charge in [0.15, 0.2) is 0 Å². The molecule has 0 saturated carbocycles. The van der Waals surface area contributed by atoms with E-state index in [0.717, 1.165) is 56.9 Å². The van der Waals surface area contributed by atoms with Gasteiger partial charge in [-0.05, 0) is 104 Å². The van der Waals surface area contributed by atoms with Gasteiger partial charge in [-0.3, -0.25) is 0 Å². The van der Waals surface area contributed by atoms with Crippen LogP contribution in [-0.2, 0) is 17.3 Å². The zero-order chi connectivity index (χ0) is 28.0. The monoisotopic (exact) mass is 496 g/mol. The van der Waals surface area contributed by atoms with E-state index in [9.17, 15) is 5.26 Å². The molecule has 1 aromatic heterocycles. The number of anilines is 2. The SMILES string of the molecule is Cc1cc(C(C)(C)C)c(Cc2nc(Nc3c(C)c(C)c(C#N)c(C)c3C)nc(C)c2C)c(C(C)(C)C)c1. The molecule has 0 fully saturated rings. The number of benzene rings is 2. The Bertz CT molecular complexity index is 1340. The molecule has 4 heteroatoms. The predicted molar refractivity (Wildman–Crippen MR) is 156 cm³/mol. The Morgan fingerprint density at radius 2 is 1.22 bits per heavy atom. The summed E-state index contributed by atoms with van der Waals surface area (Å²) < 4.78 is 0. The van der Waals surface area contributed by atoms with Crippen LogP contribution >= 0.6 is 0 Å². The molecule has 1 N–H and O–H groups in total. The zero-order valence-corrected chi connectivity index (χ0v) is 25.2. The Morgan fingerprint density at radius 3 is 1.65 bits per heavy atom. The highest BCUT2D eigenvalue weighted by molar-refractivity contribution is 5.70. The minimum atomic E-state index is 0.0180. The molecule has 4 nitrogen and oxygen atoms in total. The summed E-state index contributed by atoms with van der Waals surface area (Å²) in [4.78, 5) is 9.91. The van der Waals surface area contributed by atoms with E-state index in [4.69, 9.17) is 9.97 Å². The normalized spacial score (nSPS) is 12.0. The van der Waals surface area contributed by atoms with Crippen molar-refractivity contribution in [2.45, 2.75) is 107 Å². The summed E-state index contributed by atoms with van der Waals surface area (Å²) in [5, 5.41) is 13.2. The van der Waals surface area contributed by atoms with Crippen molar-refractivity contribution in [2.75, 3.05) is 5.32 Å². The summed E-state index contributed by atoms with van der Waals surface area (Å²) in [7, 11) is 0. The van der Waals surface area contributed by atoms with Gasteiger partial charge in [-0.25, -0.2) is 9.97 Å². The van der Waals surface area contributed by atoms with E-state index in [-0.39, 0.29) is 10.8 Å². The Hall–Kier alpha value is -3.19. The number of hydrogen-bond acceptors (Lipinski definition) is 4. The highest BCUT2D eigenvalue weighted by atomic mass is 15.1. The molecular weight excluding hydrogens is 452 g/mol. The molecule has 0 atom stereocenters. The maximum absolute atomic E-state index is 9.65. The van der Waals surface area contributed by atoms with Gasteiger partial charge < -0.3 is 5.32 Å². The predicted octanol–water partition coefficient (Wildman–Crippen LogP) is 8.44. The Kier molecular flexibility index (Phi) is 7.62. The Labute approximate surface area is 224 Å². The average molecular weight is 497 g/mol. The first-order valence-corrected chi connectivity index (χ1v) is 13.2. The van der Waals surface area contributed by atoms with E-state index in [1.165, 1.54) is 22.3 Å². The van der Waals surface area contributed by atoms with Gasteiger partial charge in [0.1, 0.15) is 0 Å². The maximum Gasteiger partial charge on any atom is 0.227 e. The largest absolute Gasteiger partial charge is 0.324 e. The smallest absolute Gasteiger partial charge is 0.227 e. The fourth-order valence-electron chi connectivity index (χ4n) is 5.21. The highest BCUT2D eigenvalue weighted by Gasteiger charge is 2.27. The third-order valence-electron chi connectivity index (χ3n) is 7.82. The van der Waals surface area contributed by atoms with Gasteiger partial charge in [0.2, 0.25) is 5.95 Å². The second-order valence-electron chi connectivity index (χ2n) is 12.7. The zero-order valence-electron chi connectivity index (χ0n) is 25.2. The van der Waals surface area contributed by atoms with Crippen LogP contribution in [0.5, 0.6) is 0 Å². The molecule has 0 unspecified atom stereocenters. The van der Waals surface area contributed by atoms with Gasteiger partial charge >= 0.3 is 0 Å². The number of nitrogens with one attached hydrogen (secondary N) is 1. The molecular formula is C33H44N4. The van der Waals surface area contributed by atoms with Gasteiger partial charge in [-0.1, -0.05) is 59.2 Å². The third-order valence-corrected chi connectivity index (χ3v) is 7.82. The molecule has 0 aliphatic heterocycles. The van der Waals surface area contributed by atoms with Gasteiger partial charge in [0, 0.05) is 17.8 Å². The molecule has 0 saturated heterocycles. The van der Waals surface area contributed by atoms with Gasteiger partial charge in [-0.2, -0.15) is 5.26 Å². The quantitative estimate of drug-likeness (QED) is 0.394. The van der Waals surface area contributed by atoms with Crippen molar-refractivity contribution in [1.29, 1.82) is 5.26 Å². The highest BCUT2D eigenvalue weighted by Crippen LogP contribution is 2.37. The molecule has 0 bridgehead atoms. The number of rotatable bonds is 4. The van der Waals surface area contributed by atoms with Crippen LogP contribution in [0, 0.1) is 59.8 Å². The molecule has 0 aliphatic carbocycles. The number of nitrogens with zero attached hydrogens (tertiary/aromatic N) is 3. The van der Waals surface area contributed by atoms with Crippen LogP contribution in [0.25, 0.3) is 0 Å². The van der Waals surface area contributed by atoms with E-state index in [0.29, 0.717) is 5.95 Å². The van der Waals surface area contributed by atoms with Crippen LogP contribution < -0.4 is 5.32 Å². The Balaban J connectivity index is 2.19. The summed E-state index contributed by atoms with van der Waals surface area (Å²) in [6.45, 7) is 28.3. The van der Waals surface area contributed by atoms with Crippen molar-refractivity contribution in [3.63, 3.8) is 0 Å². The van der Waals surface area contributed by atoms with Crippen LogP contribution in [-0.4, -0.2) is 9.97 Å². The number of hydrogen-bond donors (Lipinski definition) is 1. The Morgan fingerprint density at radius 1 is 0.730 bits per heavy atom. The molecule has 0 radical (unpaired) electrons. The molecule has 3 aromatic rings. The van der Waals surface area contributed by atoms with E-state index < -0.39 is 0 Å². The number of nitriles is 1. The summed E-state index contributed by atoms with van der Waals surface area (Å²) in [5.41, 5.74) is 14.5. The maximum atomic E-state index is 9.65. The average Bonchev–Trinajstić information content (AvgIpc) is 2.78. The van der Waals surface area contributed by atoms with Crippen LogP contribution in [0.15, 0.2) is 12.1 Å². The van der Waals surface area contributed by atoms with Crippen molar-refractivity contribution in [3.8, 4) is 6.07 Å². The van der Waals surface area contributed by atoms with Crippen molar-refractivity contribution < 1.29 is 0 Å². The third kappa shape index (κ3) is 5.57. The molecule has 0 aliphatic rings. The second kappa shape index (κ2) is 9.93. The lowest BCUT2D eigenvalue weighted by Crippen LogP contribution is -2.22. The van der Waals surface area contributed by atoms with Crippen molar-refractivity contribution >= 4 is 11.6 Å². The molecule has 2 aromatic carbocycles. The van der Waals surface area contributed by atoms with Gasteiger partial charge in [0.25, 0.3) is 0 Å². The molecule has 196 valence electrons. The fourth-order valence-corrected chi connectivity index (χ4v) is 5.21. The first kappa shape index (κ1) is 28.4.